The van der Waals surface area contributed by atoms with E-state index in [1.165, 1.54) is 39.8 Å². The Balaban J connectivity index is -0.000000249. The van der Waals surface area contributed by atoms with Crippen LogP contribution in [0, 0.1) is 0 Å². The van der Waals surface area contributed by atoms with Crippen molar-refractivity contribution >= 4 is 29.1 Å². The summed E-state index contributed by atoms with van der Waals surface area (Å²) in [5.41, 5.74) is 4.73. The zero-order valence-electron chi connectivity index (χ0n) is 13.4. The van der Waals surface area contributed by atoms with Crippen LogP contribution in [0.15, 0.2) is 12.2 Å². The van der Waals surface area contributed by atoms with Crippen molar-refractivity contribution in [3.8, 4) is 0 Å². The van der Waals surface area contributed by atoms with E-state index in [9.17, 15) is 24.0 Å². The fourth-order valence-corrected chi connectivity index (χ4v) is 0.635. The Labute approximate surface area is 129 Å². The maximum absolute atomic E-state index is 10.2. The highest BCUT2D eigenvalue weighted by Gasteiger charge is 1.95. The zero-order valence-corrected chi connectivity index (χ0v) is 13.4. The van der Waals surface area contributed by atoms with Gasteiger partial charge in [-0.15, -0.1) is 0 Å². The van der Waals surface area contributed by atoms with Gasteiger partial charge in [0.05, 0.1) is 6.54 Å². The van der Waals surface area contributed by atoms with Gasteiger partial charge in [0.15, 0.2) is 11.6 Å². The van der Waals surface area contributed by atoms with Crippen LogP contribution in [0.4, 0.5) is 0 Å². The molecule has 0 spiro atoms. The van der Waals surface area contributed by atoms with E-state index in [0.29, 0.717) is 12.8 Å². The Hall–Kier alpha value is -2.19. The standard InChI is InChI=1S/C6H10O2.C6H8O2.C2H6N2O2/c2*1-5(7)3-4-6(2)8;3-1-2(5)6-4/h3-4H2,1-2H3;3-4H,1-2H3;1,3-4H2/b;4-3-;. The molecule has 126 valence electrons. The molecular formula is C14H24N2O6. The predicted octanol–water partition coefficient (Wildman–Crippen LogP) is 0.0272. The van der Waals surface area contributed by atoms with Crippen molar-refractivity contribution in [2.24, 2.45) is 11.6 Å². The largest absolute Gasteiger partial charge is 0.372 e. The third-order valence-electron chi connectivity index (χ3n) is 1.68. The van der Waals surface area contributed by atoms with Crippen molar-refractivity contribution in [3.63, 3.8) is 0 Å². The van der Waals surface area contributed by atoms with Crippen LogP contribution in [0.1, 0.15) is 40.5 Å². The number of nitrogens with two attached hydrogens (primary N) is 2. The van der Waals surface area contributed by atoms with Gasteiger partial charge >= 0.3 is 5.97 Å². The predicted molar refractivity (Wildman–Crippen MR) is 80.4 cm³/mol. The summed E-state index contributed by atoms with van der Waals surface area (Å²) in [5.74, 6) is 3.72. The van der Waals surface area contributed by atoms with Gasteiger partial charge in [0.1, 0.15) is 11.6 Å². The molecule has 0 aliphatic carbocycles. The maximum Gasteiger partial charge on any atom is 0.338 e. The van der Waals surface area contributed by atoms with E-state index in [2.05, 4.69) is 10.7 Å². The first-order valence-corrected chi connectivity index (χ1v) is 6.34. The average Bonchev–Trinajstić information content (AvgIpc) is 2.43. The minimum atomic E-state index is -0.602. The van der Waals surface area contributed by atoms with E-state index in [0.717, 1.165) is 0 Å². The van der Waals surface area contributed by atoms with Crippen LogP contribution in [-0.4, -0.2) is 35.6 Å². The molecule has 0 aromatic carbocycles. The molecule has 0 rings (SSSR count). The van der Waals surface area contributed by atoms with Crippen molar-refractivity contribution < 1.29 is 28.8 Å². The van der Waals surface area contributed by atoms with Crippen LogP contribution in [0.5, 0.6) is 0 Å². The smallest absolute Gasteiger partial charge is 0.338 e. The summed E-state index contributed by atoms with van der Waals surface area (Å²) in [6.45, 7) is 5.63. The maximum atomic E-state index is 10.2. The molecule has 0 aliphatic rings. The van der Waals surface area contributed by atoms with Crippen LogP contribution in [0.2, 0.25) is 0 Å². The summed E-state index contributed by atoms with van der Waals surface area (Å²) in [6.07, 6.45) is 3.30. The fourth-order valence-electron chi connectivity index (χ4n) is 0.635. The molecule has 4 N–H and O–H groups in total. The van der Waals surface area contributed by atoms with Gasteiger partial charge in [-0.1, -0.05) is 0 Å². The highest BCUT2D eigenvalue weighted by Crippen LogP contribution is 1.89. The molecule has 0 saturated carbocycles. The van der Waals surface area contributed by atoms with Crippen LogP contribution in [0.3, 0.4) is 0 Å². The number of rotatable bonds is 6. The Kier molecular flexibility index (Phi) is 19.0. The molecule has 0 unspecified atom stereocenters. The Morgan fingerprint density at radius 1 is 0.818 bits per heavy atom. The second-order valence-electron chi connectivity index (χ2n) is 4.15. The van der Waals surface area contributed by atoms with E-state index in [1.54, 1.807) is 0 Å². The summed E-state index contributed by atoms with van der Waals surface area (Å²) in [5, 5.41) is 0. The molecule has 22 heavy (non-hydrogen) atoms. The summed E-state index contributed by atoms with van der Waals surface area (Å²) in [4.78, 5) is 54.0. The van der Waals surface area contributed by atoms with E-state index < -0.39 is 5.97 Å². The van der Waals surface area contributed by atoms with E-state index in [-0.39, 0.29) is 29.7 Å². The van der Waals surface area contributed by atoms with Crippen molar-refractivity contribution in [1.29, 1.82) is 0 Å². The summed E-state index contributed by atoms with van der Waals surface area (Å²) in [7, 11) is 0. The molecule has 0 aromatic heterocycles. The van der Waals surface area contributed by atoms with Crippen LogP contribution < -0.4 is 11.6 Å². The molecule has 0 atom stereocenters. The van der Waals surface area contributed by atoms with Gasteiger partial charge in [0.25, 0.3) is 0 Å². The van der Waals surface area contributed by atoms with Crippen LogP contribution in [0.25, 0.3) is 0 Å². The topological polar surface area (TPSA) is 147 Å². The lowest BCUT2D eigenvalue weighted by Gasteiger charge is -1.86. The molecule has 0 aliphatic heterocycles. The molecule has 0 radical (unpaired) electrons. The molecule has 0 aromatic rings. The van der Waals surface area contributed by atoms with Gasteiger partial charge in [0, 0.05) is 12.8 Å². The van der Waals surface area contributed by atoms with E-state index in [4.69, 9.17) is 5.73 Å². The Morgan fingerprint density at radius 3 is 1.23 bits per heavy atom. The van der Waals surface area contributed by atoms with Gasteiger partial charge in [-0.05, 0) is 39.8 Å². The normalized spacial score (nSPS) is 8.82. The summed E-state index contributed by atoms with van der Waals surface area (Å²) < 4.78 is 0. The van der Waals surface area contributed by atoms with Gasteiger partial charge in [-0.2, -0.15) is 5.90 Å². The molecule has 0 bridgehead atoms. The number of hydrogen-bond donors (Lipinski definition) is 2. The van der Waals surface area contributed by atoms with Gasteiger partial charge in [-0.25, -0.2) is 4.79 Å². The Morgan fingerprint density at radius 2 is 1.14 bits per heavy atom. The van der Waals surface area contributed by atoms with Crippen LogP contribution in [-0.2, 0) is 28.8 Å². The molecule has 8 heteroatoms. The molecule has 0 fully saturated rings. The monoisotopic (exact) mass is 316 g/mol. The van der Waals surface area contributed by atoms with E-state index in [1.807, 2.05) is 0 Å². The Bertz CT molecular complexity index is 380. The highest BCUT2D eigenvalue weighted by molar-refractivity contribution is 5.96. The first kappa shape index (κ1) is 24.8. The van der Waals surface area contributed by atoms with Crippen molar-refractivity contribution in [2.45, 2.75) is 40.5 Å². The van der Waals surface area contributed by atoms with Crippen LogP contribution >= 0.6 is 0 Å². The quantitative estimate of drug-likeness (QED) is 0.515. The molecule has 8 nitrogen and oxygen atoms in total. The minimum Gasteiger partial charge on any atom is -0.372 e. The first-order chi connectivity index (χ1) is 10.1. The molecule has 0 amide bonds. The molecule has 0 saturated heterocycles. The number of allylic oxidation sites excluding steroid dienone is 2. The highest BCUT2D eigenvalue weighted by atomic mass is 16.7. The molecule has 0 heterocycles. The van der Waals surface area contributed by atoms with Crippen molar-refractivity contribution in [3.05, 3.63) is 12.2 Å². The summed E-state index contributed by atoms with van der Waals surface area (Å²) >= 11 is 0. The van der Waals surface area contributed by atoms with Crippen molar-refractivity contribution in [1.82, 2.24) is 0 Å². The zero-order chi connectivity index (χ0) is 18.1. The number of carbonyl (C=O) groups excluding carboxylic acids is 5. The number of carbonyl (C=O) groups is 5. The van der Waals surface area contributed by atoms with E-state index >= 15 is 0 Å². The van der Waals surface area contributed by atoms with Crippen molar-refractivity contribution in [2.75, 3.05) is 6.54 Å². The lowest BCUT2D eigenvalue weighted by atomic mass is 10.2. The average molecular weight is 316 g/mol. The fraction of sp³-hybridized carbons (Fsp3) is 0.500. The SMILES string of the molecule is CC(=O)/C=C\C(C)=O.CC(=O)CCC(C)=O.NCC(=O)ON. The lowest BCUT2D eigenvalue weighted by Crippen LogP contribution is -2.19. The first-order valence-electron chi connectivity index (χ1n) is 6.34. The van der Waals surface area contributed by atoms with Gasteiger partial charge < -0.3 is 20.2 Å². The lowest BCUT2D eigenvalue weighted by molar-refractivity contribution is -0.142. The third-order valence-corrected chi connectivity index (χ3v) is 1.68. The molecular weight excluding hydrogens is 292 g/mol. The van der Waals surface area contributed by atoms with Gasteiger partial charge in [0.2, 0.25) is 0 Å². The number of ketones is 4. The second kappa shape index (κ2) is 16.9. The minimum absolute atomic E-state index is 0.0835. The van der Waals surface area contributed by atoms with Gasteiger partial charge in [-0.3, -0.25) is 9.59 Å². The number of hydrogen-bond acceptors (Lipinski definition) is 8. The summed E-state index contributed by atoms with van der Waals surface area (Å²) in [6, 6.07) is 0. The number of Topliss-reactive ketones (excluding diaryl/α,β-unsaturated/α-hetero) is 2. The third kappa shape index (κ3) is 36.1. The second-order valence-corrected chi connectivity index (χ2v) is 4.15.